The number of alkyl halides is 3. The number of aromatic nitrogens is 4. The van der Waals surface area contributed by atoms with E-state index in [9.17, 15) is 22.8 Å². The number of anilines is 3. The van der Waals surface area contributed by atoms with Crippen LogP contribution in [0.25, 0.3) is 22.4 Å². The molecule has 1 aliphatic heterocycles. The maximum atomic E-state index is 13.7. The zero-order valence-electron chi connectivity index (χ0n) is 24.4. The highest BCUT2D eigenvalue weighted by Crippen LogP contribution is 2.33. The van der Waals surface area contributed by atoms with Crippen molar-refractivity contribution in [3.05, 3.63) is 106 Å². The summed E-state index contributed by atoms with van der Waals surface area (Å²) in [6.45, 7) is 4.06. The highest BCUT2D eigenvalue weighted by atomic mass is 19.4. The van der Waals surface area contributed by atoms with E-state index in [0.717, 1.165) is 17.8 Å². The lowest BCUT2D eigenvalue weighted by Gasteiger charge is -2.38. The molecule has 0 atom stereocenters. The van der Waals surface area contributed by atoms with Crippen LogP contribution in [0.15, 0.2) is 83.9 Å². The Morgan fingerprint density at radius 2 is 1.73 bits per heavy atom. The molecule has 0 bridgehead atoms. The molecule has 13 heteroatoms. The minimum absolute atomic E-state index is 0.101. The number of halogens is 3. The molecule has 0 spiro atoms. The van der Waals surface area contributed by atoms with Crippen molar-refractivity contribution in [1.29, 1.82) is 0 Å². The molecule has 1 N–H and O–H groups in total. The molecular weight excluding hydrogens is 587 g/mol. The van der Waals surface area contributed by atoms with E-state index in [0.29, 0.717) is 54.4 Å². The van der Waals surface area contributed by atoms with E-state index in [1.807, 2.05) is 35.3 Å². The number of hydrazine groups is 1. The summed E-state index contributed by atoms with van der Waals surface area (Å²) in [5.74, 6) is -0.258. The molecule has 3 heterocycles. The highest BCUT2D eigenvalue weighted by molar-refractivity contribution is 6.04. The van der Waals surface area contributed by atoms with Crippen molar-refractivity contribution in [2.24, 2.45) is 7.05 Å². The number of amides is 1. The van der Waals surface area contributed by atoms with Gasteiger partial charge in [-0.3, -0.25) is 19.2 Å². The van der Waals surface area contributed by atoms with Crippen molar-refractivity contribution in [3.63, 3.8) is 0 Å². The number of hydrogen-bond donors (Lipinski definition) is 1. The van der Waals surface area contributed by atoms with Crippen LogP contribution in [-0.2, 0) is 18.0 Å². The van der Waals surface area contributed by atoms with Gasteiger partial charge in [0.15, 0.2) is 17.0 Å². The Labute approximate surface area is 255 Å². The lowest BCUT2D eigenvalue weighted by molar-refractivity contribution is -0.137. The Hall–Kier alpha value is -5.14. The summed E-state index contributed by atoms with van der Waals surface area (Å²) in [7, 11) is 1.60. The van der Waals surface area contributed by atoms with Gasteiger partial charge in [0.2, 0.25) is 0 Å². The molecule has 5 aromatic rings. The highest BCUT2D eigenvalue weighted by Gasteiger charge is 2.31. The van der Waals surface area contributed by atoms with Crippen LogP contribution in [0.2, 0.25) is 0 Å². The minimum atomic E-state index is -4.59. The number of nitrogens with one attached hydrogen (secondary N) is 1. The number of hydrogen-bond acceptors (Lipinski definition) is 8. The fourth-order valence-electron chi connectivity index (χ4n) is 5.19. The van der Waals surface area contributed by atoms with Gasteiger partial charge in [-0.2, -0.15) is 13.2 Å². The SMILES string of the molecule is Cc1ccc(NC(=O)c2cccc(C(F)(F)F)c2)cc1-c1nc2c(N(c3ccccc3)N3CCOCC3)ncnc2n(C)c1=O. The van der Waals surface area contributed by atoms with Gasteiger partial charge in [-0.05, 0) is 55.0 Å². The van der Waals surface area contributed by atoms with Crippen molar-refractivity contribution < 1.29 is 22.7 Å². The fraction of sp³-hybridized carbons (Fsp3) is 0.219. The number of ether oxygens (including phenoxy) is 1. The van der Waals surface area contributed by atoms with E-state index in [1.54, 1.807) is 32.2 Å². The first-order valence-corrected chi connectivity index (χ1v) is 14.1. The van der Waals surface area contributed by atoms with Crippen molar-refractivity contribution in [3.8, 4) is 11.3 Å². The quantitative estimate of drug-likeness (QED) is 0.273. The summed E-state index contributed by atoms with van der Waals surface area (Å²) in [5.41, 5.74) is 1.56. The smallest absolute Gasteiger partial charge is 0.379 e. The molecule has 10 nitrogen and oxygen atoms in total. The maximum absolute atomic E-state index is 13.7. The van der Waals surface area contributed by atoms with Gasteiger partial charge in [0.1, 0.15) is 12.0 Å². The van der Waals surface area contributed by atoms with Gasteiger partial charge >= 0.3 is 6.18 Å². The summed E-state index contributed by atoms with van der Waals surface area (Å²) in [4.78, 5) is 40.4. The number of aryl methyl sites for hydroxylation is 2. The second-order valence-electron chi connectivity index (χ2n) is 10.5. The molecule has 0 radical (unpaired) electrons. The summed E-state index contributed by atoms with van der Waals surface area (Å²) in [6, 6.07) is 18.7. The maximum Gasteiger partial charge on any atom is 0.416 e. The first-order valence-electron chi connectivity index (χ1n) is 14.1. The predicted octanol–water partition coefficient (Wildman–Crippen LogP) is 5.36. The van der Waals surface area contributed by atoms with E-state index in [2.05, 4.69) is 20.3 Å². The first-order chi connectivity index (χ1) is 21.6. The van der Waals surface area contributed by atoms with Crippen molar-refractivity contribution >= 4 is 34.3 Å². The van der Waals surface area contributed by atoms with Gasteiger partial charge in [-0.25, -0.2) is 20.0 Å². The molecule has 1 saturated heterocycles. The number of carbonyl (C=O) groups excluding carboxylic acids is 1. The van der Waals surface area contributed by atoms with Crippen molar-refractivity contribution in [1.82, 2.24) is 24.5 Å². The summed E-state index contributed by atoms with van der Waals surface area (Å²) in [5, 5.41) is 6.70. The van der Waals surface area contributed by atoms with Crippen LogP contribution >= 0.6 is 0 Å². The summed E-state index contributed by atoms with van der Waals surface area (Å²) >= 11 is 0. The number of carbonyl (C=O) groups is 1. The van der Waals surface area contributed by atoms with Gasteiger partial charge in [-0.1, -0.05) is 30.3 Å². The van der Waals surface area contributed by atoms with Crippen LogP contribution < -0.4 is 15.9 Å². The lowest BCUT2D eigenvalue weighted by Crippen LogP contribution is -2.47. The standard InChI is InChI=1S/C32H28F3N7O3/c1-20-11-12-23(38-30(43)21-7-6-8-22(17-21)32(33,34)35)18-25(20)26-31(44)40(2)28-27(39-26)29(37-19-36-28)42(24-9-4-3-5-10-24)41-13-15-45-16-14-41/h3-12,17-19H,13-16H2,1-2H3,(H,38,43). The lowest BCUT2D eigenvalue weighted by atomic mass is 10.0. The third-order valence-corrected chi connectivity index (χ3v) is 7.51. The molecule has 0 unspecified atom stereocenters. The molecular formula is C32H28F3N7O3. The van der Waals surface area contributed by atoms with E-state index >= 15 is 0 Å². The number of para-hydroxylation sites is 1. The van der Waals surface area contributed by atoms with Crippen LogP contribution in [0.5, 0.6) is 0 Å². The van der Waals surface area contributed by atoms with Crippen LogP contribution in [0, 0.1) is 6.92 Å². The molecule has 3 aromatic carbocycles. The van der Waals surface area contributed by atoms with E-state index in [-0.39, 0.29) is 16.9 Å². The Kier molecular flexibility index (Phi) is 8.04. The van der Waals surface area contributed by atoms with E-state index < -0.39 is 23.2 Å². The molecule has 1 amide bonds. The number of benzene rings is 3. The number of rotatable bonds is 6. The summed E-state index contributed by atoms with van der Waals surface area (Å²) < 4.78 is 46.6. The average molecular weight is 616 g/mol. The normalized spacial score (nSPS) is 14.0. The monoisotopic (exact) mass is 615 g/mol. The molecule has 0 aliphatic carbocycles. The number of nitrogens with zero attached hydrogens (tertiary/aromatic N) is 6. The van der Waals surface area contributed by atoms with E-state index in [4.69, 9.17) is 9.72 Å². The second kappa shape index (κ2) is 12.1. The molecule has 6 rings (SSSR count). The van der Waals surface area contributed by atoms with Crippen LogP contribution in [0.3, 0.4) is 0 Å². The predicted molar refractivity (Wildman–Crippen MR) is 163 cm³/mol. The molecule has 0 saturated carbocycles. The molecule has 1 aliphatic rings. The zero-order chi connectivity index (χ0) is 31.7. The van der Waals surface area contributed by atoms with Gasteiger partial charge in [-0.15, -0.1) is 0 Å². The van der Waals surface area contributed by atoms with Crippen molar-refractivity contribution in [2.75, 3.05) is 36.6 Å². The van der Waals surface area contributed by atoms with Gasteiger partial charge in [0, 0.05) is 37.0 Å². The van der Waals surface area contributed by atoms with E-state index in [1.165, 1.54) is 23.0 Å². The Bertz CT molecular complexity index is 1940. The third-order valence-electron chi connectivity index (χ3n) is 7.51. The van der Waals surface area contributed by atoms with Gasteiger partial charge in [0.05, 0.1) is 24.5 Å². The number of morpholine rings is 1. The Balaban J connectivity index is 1.44. The largest absolute Gasteiger partial charge is 0.416 e. The average Bonchev–Trinajstić information content (AvgIpc) is 3.05. The van der Waals surface area contributed by atoms with Crippen LogP contribution in [0.4, 0.5) is 30.4 Å². The molecule has 45 heavy (non-hydrogen) atoms. The fourth-order valence-corrected chi connectivity index (χ4v) is 5.19. The molecule has 1 fully saturated rings. The topological polar surface area (TPSA) is 105 Å². The molecule has 230 valence electrons. The Morgan fingerprint density at radius 3 is 2.47 bits per heavy atom. The van der Waals surface area contributed by atoms with Crippen molar-refractivity contribution in [2.45, 2.75) is 13.1 Å². The van der Waals surface area contributed by atoms with Crippen LogP contribution in [-0.4, -0.2) is 56.7 Å². The third kappa shape index (κ3) is 5.99. The second-order valence-corrected chi connectivity index (χ2v) is 10.5. The number of fused-ring (bicyclic) bond motifs is 1. The first kappa shape index (κ1) is 29.9. The van der Waals surface area contributed by atoms with Crippen LogP contribution in [0.1, 0.15) is 21.5 Å². The van der Waals surface area contributed by atoms with Gasteiger partial charge in [0.25, 0.3) is 11.5 Å². The Morgan fingerprint density at radius 1 is 0.978 bits per heavy atom. The minimum Gasteiger partial charge on any atom is -0.379 e. The summed E-state index contributed by atoms with van der Waals surface area (Å²) in [6.07, 6.45) is -3.19. The van der Waals surface area contributed by atoms with Gasteiger partial charge < -0.3 is 10.1 Å². The molecule has 2 aromatic heterocycles. The zero-order valence-corrected chi connectivity index (χ0v) is 24.4.